The van der Waals surface area contributed by atoms with Gasteiger partial charge in [-0.15, -0.1) is 0 Å². The Hall–Kier alpha value is -0.210. The summed E-state index contributed by atoms with van der Waals surface area (Å²) in [4.78, 5) is 0. The molecule has 1 aromatic carbocycles. The zero-order valence-electron chi connectivity index (χ0n) is 8.70. The highest BCUT2D eigenvalue weighted by molar-refractivity contribution is 9.10. The van der Waals surface area contributed by atoms with E-state index < -0.39 is 0 Å². The third-order valence-corrected chi connectivity index (χ3v) is 2.63. The van der Waals surface area contributed by atoms with Crippen LogP contribution in [0.3, 0.4) is 0 Å². The standard InChI is InChI=1S/C11H15BrClN/c1-11(2,3)7-14-10-5-4-8(13)6-9(10)12/h4-6,14H,7H2,1-3H3. The summed E-state index contributed by atoms with van der Waals surface area (Å²) >= 11 is 9.32. The lowest BCUT2D eigenvalue weighted by Crippen LogP contribution is -2.19. The maximum absolute atomic E-state index is 5.85. The molecule has 3 heteroatoms. The van der Waals surface area contributed by atoms with Crippen LogP contribution in [0.15, 0.2) is 22.7 Å². The third kappa shape index (κ3) is 3.89. The molecular formula is C11H15BrClN. The molecule has 0 aliphatic carbocycles. The monoisotopic (exact) mass is 275 g/mol. The van der Waals surface area contributed by atoms with Gasteiger partial charge in [-0.1, -0.05) is 32.4 Å². The number of hydrogen-bond donors (Lipinski definition) is 1. The number of anilines is 1. The van der Waals surface area contributed by atoms with Crippen LogP contribution in [0.5, 0.6) is 0 Å². The molecule has 0 aromatic heterocycles. The minimum Gasteiger partial charge on any atom is -0.384 e. The Morgan fingerprint density at radius 1 is 1.36 bits per heavy atom. The van der Waals surface area contributed by atoms with E-state index in [4.69, 9.17) is 11.6 Å². The molecule has 0 spiro atoms. The maximum Gasteiger partial charge on any atom is 0.0485 e. The molecule has 1 N–H and O–H groups in total. The molecular weight excluding hydrogens is 261 g/mol. The Labute approximate surface area is 99.0 Å². The van der Waals surface area contributed by atoms with Crippen molar-refractivity contribution in [2.45, 2.75) is 20.8 Å². The second-order valence-electron chi connectivity index (χ2n) is 4.54. The first kappa shape index (κ1) is 11.9. The molecule has 0 amide bonds. The number of rotatable bonds is 2. The summed E-state index contributed by atoms with van der Waals surface area (Å²) in [5.41, 5.74) is 1.36. The van der Waals surface area contributed by atoms with E-state index in [1.54, 1.807) is 0 Å². The van der Waals surface area contributed by atoms with Gasteiger partial charge < -0.3 is 5.32 Å². The quantitative estimate of drug-likeness (QED) is 0.835. The number of halogens is 2. The minimum atomic E-state index is 0.277. The largest absolute Gasteiger partial charge is 0.384 e. The van der Waals surface area contributed by atoms with E-state index in [1.165, 1.54) is 0 Å². The summed E-state index contributed by atoms with van der Waals surface area (Å²) in [6.45, 7) is 7.53. The lowest BCUT2D eigenvalue weighted by atomic mass is 9.97. The highest BCUT2D eigenvalue weighted by atomic mass is 79.9. The van der Waals surface area contributed by atoms with Crippen LogP contribution in [-0.4, -0.2) is 6.54 Å². The number of hydrogen-bond acceptors (Lipinski definition) is 1. The molecule has 78 valence electrons. The van der Waals surface area contributed by atoms with Gasteiger partial charge in [-0.2, -0.15) is 0 Å². The first-order chi connectivity index (χ1) is 6.38. The van der Waals surface area contributed by atoms with Gasteiger partial charge in [0.05, 0.1) is 0 Å². The van der Waals surface area contributed by atoms with Crippen LogP contribution in [0, 0.1) is 5.41 Å². The third-order valence-electron chi connectivity index (χ3n) is 1.74. The Bertz CT molecular complexity index is 318. The van der Waals surface area contributed by atoms with E-state index in [1.807, 2.05) is 18.2 Å². The van der Waals surface area contributed by atoms with Gasteiger partial charge in [-0.3, -0.25) is 0 Å². The van der Waals surface area contributed by atoms with Gasteiger partial charge in [-0.25, -0.2) is 0 Å². The van der Waals surface area contributed by atoms with E-state index >= 15 is 0 Å². The van der Waals surface area contributed by atoms with E-state index in [9.17, 15) is 0 Å². The van der Waals surface area contributed by atoms with Gasteiger partial charge >= 0.3 is 0 Å². The zero-order valence-corrected chi connectivity index (χ0v) is 11.0. The van der Waals surface area contributed by atoms with Gasteiger partial charge in [0.1, 0.15) is 0 Å². The van der Waals surface area contributed by atoms with Crippen LogP contribution in [0.1, 0.15) is 20.8 Å². The molecule has 0 atom stereocenters. The molecule has 1 nitrogen and oxygen atoms in total. The second-order valence-corrected chi connectivity index (χ2v) is 5.83. The van der Waals surface area contributed by atoms with Crippen molar-refractivity contribution in [1.82, 2.24) is 0 Å². The molecule has 0 bridgehead atoms. The van der Waals surface area contributed by atoms with Gasteiger partial charge in [-0.05, 0) is 39.5 Å². The van der Waals surface area contributed by atoms with Crippen molar-refractivity contribution in [3.05, 3.63) is 27.7 Å². The van der Waals surface area contributed by atoms with Crippen molar-refractivity contribution in [3.63, 3.8) is 0 Å². The first-order valence-electron chi connectivity index (χ1n) is 4.57. The van der Waals surface area contributed by atoms with Crippen molar-refractivity contribution >= 4 is 33.2 Å². The number of benzene rings is 1. The summed E-state index contributed by atoms with van der Waals surface area (Å²) in [7, 11) is 0. The summed E-state index contributed by atoms with van der Waals surface area (Å²) < 4.78 is 1.01. The summed E-state index contributed by atoms with van der Waals surface area (Å²) in [6.07, 6.45) is 0. The van der Waals surface area contributed by atoms with Crippen molar-refractivity contribution in [1.29, 1.82) is 0 Å². The van der Waals surface area contributed by atoms with Crippen LogP contribution in [-0.2, 0) is 0 Å². The highest BCUT2D eigenvalue weighted by Gasteiger charge is 2.10. The molecule has 14 heavy (non-hydrogen) atoms. The lowest BCUT2D eigenvalue weighted by Gasteiger charge is -2.20. The normalized spacial score (nSPS) is 11.5. The van der Waals surface area contributed by atoms with Gasteiger partial charge in [0, 0.05) is 21.7 Å². The van der Waals surface area contributed by atoms with Gasteiger partial charge in [0.25, 0.3) is 0 Å². The van der Waals surface area contributed by atoms with Crippen LogP contribution >= 0.6 is 27.5 Å². The van der Waals surface area contributed by atoms with Crippen LogP contribution in [0.2, 0.25) is 5.02 Å². The summed E-state index contributed by atoms with van der Waals surface area (Å²) in [5.74, 6) is 0. The average Bonchev–Trinajstić information content (AvgIpc) is 2.00. The van der Waals surface area contributed by atoms with Gasteiger partial charge in [0.2, 0.25) is 0 Å². The van der Waals surface area contributed by atoms with E-state index in [2.05, 4.69) is 42.0 Å². The molecule has 0 saturated carbocycles. The maximum atomic E-state index is 5.85. The Morgan fingerprint density at radius 2 is 2.00 bits per heavy atom. The zero-order chi connectivity index (χ0) is 10.8. The molecule has 0 aliphatic rings. The molecule has 1 rings (SSSR count). The van der Waals surface area contributed by atoms with Crippen LogP contribution in [0.4, 0.5) is 5.69 Å². The lowest BCUT2D eigenvalue weighted by molar-refractivity contribution is 0.443. The van der Waals surface area contributed by atoms with Crippen molar-refractivity contribution in [3.8, 4) is 0 Å². The van der Waals surface area contributed by atoms with Crippen molar-refractivity contribution < 1.29 is 0 Å². The van der Waals surface area contributed by atoms with Crippen molar-refractivity contribution in [2.24, 2.45) is 5.41 Å². The molecule has 0 aliphatic heterocycles. The van der Waals surface area contributed by atoms with E-state index in [-0.39, 0.29) is 5.41 Å². The average molecular weight is 277 g/mol. The molecule has 0 radical (unpaired) electrons. The fraction of sp³-hybridized carbons (Fsp3) is 0.455. The summed E-state index contributed by atoms with van der Waals surface area (Å²) in [6, 6.07) is 5.77. The Kier molecular flexibility index (Phi) is 3.85. The fourth-order valence-corrected chi connectivity index (χ4v) is 1.82. The smallest absolute Gasteiger partial charge is 0.0485 e. The molecule has 0 saturated heterocycles. The Balaban J connectivity index is 2.68. The second kappa shape index (κ2) is 4.54. The predicted molar refractivity (Wildman–Crippen MR) is 67.1 cm³/mol. The first-order valence-corrected chi connectivity index (χ1v) is 5.74. The molecule has 0 heterocycles. The molecule has 0 unspecified atom stereocenters. The molecule has 1 aromatic rings. The SMILES string of the molecule is CC(C)(C)CNc1ccc(Cl)cc1Br. The number of nitrogens with one attached hydrogen (secondary N) is 1. The predicted octanol–water partition coefficient (Wildman–Crippen LogP) is 4.56. The minimum absolute atomic E-state index is 0.277. The topological polar surface area (TPSA) is 12.0 Å². The Morgan fingerprint density at radius 3 is 2.50 bits per heavy atom. The fourth-order valence-electron chi connectivity index (χ4n) is 0.993. The summed E-state index contributed by atoms with van der Waals surface area (Å²) in [5, 5.41) is 4.12. The highest BCUT2D eigenvalue weighted by Crippen LogP contribution is 2.26. The molecule has 0 fully saturated rings. The van der Waals surface area contributed by atoms with Crippen LogP contribution in [0.25, 0.3) is 0 Å². The van der Waals surface area contributed by atoms with E-state index in [0.29, 0.717) is 0 Å². The van der Waals surface area contributed by atoms with Crippen molar-refractivity contribution in [2.75, 3.05) is 11.9 Å². The van der Waals surface area contributed by atoms with Crippen LogP contribution < -0.4 is 5.32 Å². The van der Waals surface area contributed by atoms with Gasteiger partial charge in [0.15, 0.2) is 0 Å². The van der Waals surface area contributed by atoms with E-state index in [0.717, 1.165) is 21.7 Å².